The van der Waals surface area contributed by atoms with Crippen LogP contribution in [0, 0.1) is 19.8 Å². The molecule has 1 aromatic heterocycles. The maximum atomic E-state index is 13.6. The Morgan fingerprint density at radius 2 is 2.03 bits per heavy atom. The Morgan fingerprint density at radius 3 is 2.77 bits per heavy atom. The lowest BCUT2D eigenvalue weighted by atomic mass is 9.90. The molecule has 2 bridgehead atoms. The molecule has 0 aliphatic carbocycles. The lowest BCUT2D eigenvalue weighted by molar-refractivity contribution is -0.853. The highest BCUT2D eigenvalue weighted by Crippen LogP contribution is 2.43. The number of hydrogen-bond donors (Lipinski definition) is 1. The van der Waals surface area contributed by atoms with Crippen LogP contribution < -0.4 is 9.85 Å². The molecule has 9 heteroatoms. The van der Waals surface area contributed by atoms with Gasteiger partial charge in [-0.25, -0.2) is 20.7 Å². The molecule has 1 amide bonds. The third-order valence-electron chi connectivity index (χ3n) is 6.20. The SMILES string of the molecule is Cc1cc(C)nc(OCC2CC3CCC2N3C(=O)c2ccccc2C2=N[NH+](C)[N-]O2)n1. The molecule has 31 heavy (non-hydrogen) atoms. The van der Waals surface area contributed by atoms with Crippen molar-refractivity contribution < 1.29 is 19.5 Å². The third-order valence-corrected chi connectivity index (χ3v) is 6.20. The summed E-state index contributed by atoms with van der Waals surface area (Å²) in [6, 6.07) is 10.2. The lowest BCUT2D eigenvalue weighted by Gasteiger charge is -2.25. The lowest BCUT2D eigenvalue weighted by Crippen LogP contribution is -2.98. The number of benzene rings is 1. The predicted octanol–water partition coefficient (Wildman–Crippen LogP) is 1.58. The maximum Gasteiger partial charge on any atom is 0.316 e. The second kappa shape index (κ2) is 7.90. The summed E-state index contributed by atoms with van der Waals surface area (Å²) in [4.78, 5) is 29.7. The number of nitrogens with one attached hydrogen (secondary N) is 1. The van der Waals surface area contributed by atoms with Crippen molar-refractivity contribution in [1.29, 1.82) is 0 Å². The van der Waals surface area contributed by atoms with Gasteiger partial charge >= 0.3 is 6.01 Å². The standard InChI is InChI=1S/C22H26N6O3/c1-13-10-14(2)24-22(23-13)30-12-15-11-16-8-9-19(15)28(16)21(29)18-7-5-4-6-17(18)20-25-27(3)26-31-20/h4-7,10,15-16,19,27H,8-9,11-12H2,1-3H3. The largest absolute Gasteiger partial charge is 0.519 e. The highest BCUT2D eigenvalue weighted by atomic mass is 16.7. The summed E-state index contributed by atoms with van der Waals surface area (Å²) in [5.74, 6) is 0.661. The molecule has 0 saturated carbocycles. The van der Waals surface area contributed by atoms with Gasteiger partial charge in [-0.3, -0.25) is 4.79 Å². The van der Waals surface area contributed by atoms with Gasteiger partial charge in [-0.2, -0.15) is 0 Å². The van der Waals surface area contributed by atoms with Crippen LogP contribution in [0.25, 0.3) is 5.59 Å². The first-order chi connectivity index (χ1) is 15.0. The van der Waals surface area contributed by atoms with Crippen LogP contribution in [0.4, 0.5) is 0 Å². The summed E-state index contributed by atoms with van der Waals surface area (Å²) in [5, 5.41) is 4.86. The van der Waals surface area contributed by atoms with Gasteiger partial charge in [-0.15, -0.1) is 0 Å². The van der Waals surface area contributed by atoms with E-state index >= 15 is 0 Å². The molecule has 3 aliphatic rings. The fourth-order valence-corrected chi connectivity index (χ4v) is 4.95. The number of hydrogen-bond acceptors (Lipinski definition) is 6. The number of carbonyl (C=O) groups is 1. The van der Waals surface area contributed by atoms with E-state index in [-0.39, 0.29) is 23.9 Å². The highest BCUT2D eigenvalue weighted by molar-refractivity contribution is 6.07. The average Bonchev–Trinajstić information content (AvgIpc) is 3.45. The number of amides is 1. The van der Waals surface area contributed by atoms with Crippen LogP contribution in [0.1, 0.15) is 46.6 Å². The first-order valence-electron chi connectivity index (χ1n) is 10.7. The summed E-state index contributed by atoms with van der Waals surface area (Å²) < 4.78 is 5.94. The van der Waals surface area contributed by atoms with Crippen LogP contribution in [-0.4, -0.2) is 52.4 Å². The normalized spacial score (nSPS) is 26.7. The fourth-order valence-electron chi connectivity index (χ4n) is 4.95. The zero-order valence-corrected chi connectivity index (χ0v) is 17.9. The number of quaternary nitrogens is 1. The molecule has 2 aromatic rings. The van der Waals surface area contributed by atoms with E-state index in [2.05, 4.69) is 20.7 Å². The van der Waals surface area contributed by atoms with E-state index in [1.54, 1.807) is 7.05 Å². The minimum atomic E-state index is 0.0177. The Morgan fingerprint density at radius 1 is 1.26 bits per heavy atom. The number of fused-ring (bicyclic) bond motifs is 2. The van der Waals surface area contributed by atoms with E-state index in [1.807, 2.05) is 49.1 Å². The third kappa shape index (κ3) is 3.75. The molecule has 2 saturated heterocycles. The molecule has 3 aliphatic heterocycles. The molecule has 0 radical (unpaired) electrons. The molecule has 9 nitrogen and oxygen atoms in total. The first kappa shape index (κ1) is 19.9. The summed E-state index contributed by atoms with van der Waals surface area (Å²) in [6.45, 7) is 4.38. The minimum Gasteiger partial charge on any atom is -0.519 e. The van der Waals surface area contributed by atoms with Crippen molar-refractivity contribution in [3.05, 3.63) is 58.4 Å². The van der Waals surface area contributed by atoms with Gasteiger partial charge < -0.3 is 14.5 Å². The summed E-state index contributed by atoms with van der Waals surface area (Å²) in [5.41, 5.74) is 6.93. The quantitative estimate of drug-likeness (QED) is 0.789. The Balaban J connectivity index is 1.33. The van der Waals surface area contributed by atoms with Gasteiger partial charge in [0.05, 0.1) is 24.8 Å². The maximum absolute atomic E-state index is 13.6. The molecule has 2 fully saturated rings. The van der Waals surface area contributed by atoms with Gasteiger partial charge in [0.2, 0.25) is 0 Å². The van der Waals surface area contributed by atoms with E-state index in [9.17, 15) is 4.79 Å². The Bertz CT molecular complexity index is 1020. The van der Waals surface area contributed by atoms with Crippen LogP contribution in [-0.2, 0) is 4.84 Å². The Kier molecular flexibility index (Phi) is 5.07. The second-order valence-corrected chi connectivity index (χ2v) is 8.44. The van der Waals surface area contributed by atoms with Crippen LogP contribution in [0.5, 0.6) is 6.01 Å². The number of rotatable bonds is 5. The molecule has 4 unspecified atom stereocenters. The van der Waals surface area contributed by atoms with Crippen LogP contribution >= 0.6 is 0 Å². The van der Waals surface area contributed by atoms with Gasteiger partial charge in [0.25, 0.3) is 11.8 Å². The number of carbonyl (C=O) groups excluding carboxylic acids is 1. The fraction of sp³-hybridized carbons (Fsp3) is 0.455. The Labute approximate surface area is 181 Å². The van der Waals surface area contributed by atoms with Crippen LogP contribution in [0.2, 0.25) is 0 Å². The molecular weight excluding hydrogens is 396 g/mol. The molecular formula is C22H26N6O3. The molecule has 4 atom stereocenters. The van der Waals surface area contributed by atoms with Crippen molar-refractivity contribution in [2.24, 2.45) is 11.0 Å². The zero-order valence-electron chi connectivity index (χ0n) is 17.9. The Hall–Kier alpha value is -3.04. The number of aromatic nitrogens is 2. The van der Waals surface area contributed by atoms with E-state index in [0.29, 0.717) is 34.8 Å². The minimum absolute atomic E-state index is 0.0177. The van der Waals surface area contributed by atoms with Crippen LogP contribution in [0.15, 0.2) is 35.4 Å². The van der Waals surface area contributed by atoms with Crippen molar-refractivity contribution in [3.8, 4) is 6.01 Å². The molecule has 5 rings (SSSR count). The smallest absolute Gasteiger partial charge is 0.316 e. The topological polar surface area (TPSA) is 95.5 Å². The summed E-state index contributed by atoms with van der Waals surface area (Å²) in [7, 11) is 1.77. The predicted molar refractivity (Wildman–Crippen MR) is 112 cm³/mol. The summed E-state index contributed by atoms with van der Waals surface area (Å²) >= 11 is 0. The number of ether oxygens (including phenoxy) is 1. The van der Waals surface area contributed by atoms with E-state index in [1.165, 1.54) is 0 Å². The van der Waals surface area contributed by atoms with Gasteiger partial charge in [0.15, 0.2) is 0 Å². The zero-order chi connectivity index (χ0) is 21.5. The van der Waals surface area contributed by atoms with E-state index < -0.39 is 0 Å². The number of aryl methyl sites for hydroxylation is 2. The molecule has 1 aromatic carbocycles. The van der Waals surface area contributed by atoms with Gasteiger partial charge in [0.1, 0.15) is 0 Å². The molecule has 4 heterocycles. The summed E-state index contributed by atoms with van der Waals surface area (Å²) in [6.07, 6.45) is 2.94. The van der Waals surface area contributed by atoms with Crippen molar-refractivity contribution in [3.63, 3.8) is 0 Å². The first-order valence-corrected chi connectivity index (χ1v) is 10.7. The van der Waals surface area contributed by atoms with Gasteiger partial charge in [-0.05, 0) is 51.3 Å². The van der Waals surface area contributed by atoms with Crippen molar-refractivity contribution in [1.82, 2.24) is 14.9 Å². The van der Waals surface area contributed by atoms with Crippen molar-refractivity contribution in [2.75, 3.05) is 13.7 Å². The van der Waals surface area contributed by atoms with Crippen molar-refractivity contribution in [2.45, 2.75) is 45.2 Å². The average molecular weight is 422 g/mol. The van der Waals surface area contributed by atoms with E-state index in [0.717, 1.165) is 30.7 Å². The number of nitrogens with zero attached hydrogens (tertiary/aromatic N) is 5. The molecule has 1 N–H and O–H groups in total. The molecule has 0 spiro atoms. The van der Waals surface area contributed by atoms with Crippen LogP contribution in [0.3, 0.4) is 0 Å². The molecule has 162 valence electrons. The monoisotopic (exact) mass is 422 g/mol. The second-order valence-electron chi connectivity index (χ2n) is 8.44. The van der Waals surface area contributed by atoms with Crippen molar-refractivity contribution >= 4 is 11.8 Å². The van der Waals surface area contributed by atoms with Gasteiger partial charge in [-0.1, -0.05) is 17.2 Å². The van der Waals surface area contributed by atoms with Gasteiger partial charge in [0, 0.05) is 29.4 Å². The highest BCUT2D eigenvalue weighted by Gasteiger charge is 2.49. The van der Waals surface area contributed by atoms with E-state index in [4.69, 9.17) is 9.57 Å².